The van der Waals surface area contributed by atoms with Crippen molar-refractivity contribution in [3.63, 3.8) is 0 Å². The molecule has 2 aliphatic rings. The van der Waals surface area contributed by atoms with Crippen LogP contribution < -0.4 is 4.90 Å². The third-order valence-corrected chi connectivity index (χ3v) is 4.32. The lowest BCUT2D eigenvalue weighted by Gasteiger charge is -2.40. The smallest absolute Gasteiger partial charge is 0.230 e. The van der Waals surface area contributed by atoms with Gasteiger partial charge in [0.15, 0.2) is 0 Å². The Morgan fingerprint density at radius 3 is 2.78 bits per heavy atom. The van der Waals surface area contributed by atoms with Crippen LogP contribution in [-0.4, -0.2) is 17.6 Å². The molecule has 1 fully saturated rings. The van der Waals surface area contributed by atoms with Crippen molar-refractivity contribution in [2.24, 2.45) is 5.92 Å². The van der Waals surface area contributed by atoms with Gasteiger partial charge in [-0.2, -0.15) is 0 Å². The van der Waals surface area contributed by atoms with Crippen molar-refractivity contribution >= 4 is 11.6 Å². The SMILES string of the molecule is CC1(O)CCN(C(=O)C2CCC2)c2ccccc21. The van der Waals surface area contributed by atoms with E-state index in [1.807, 2.05) is 36.1 Å². The molecule has 3 heteroatoms. The van der Waals surface area contributed by atoms with Crippen molar-refractivity contribution in [1.29, 1.82) is 0 Å². The molecule has 0 spiro atoms. The van der Waals surface area contributed by atoms with Crippen molar-refractivity contribution in [3.8, 4) is 0 Å². The summed E-state index contributed by atoms with van der Waals surface area (Å²) in [6.07, 6.45) is 3.83. The van der Waals surface area contributed by atoms with E-state index in [-0.39, 0.29) is 11.8 Å². The van der Waals surface area contributed by atoms with E-state index in [9.17, 15) is 9.90 Å². The highest BCUT2D eigenvalue weighted by Crippen LogP contribution is 2.40. The Labute approximate surface area is 107 Å². The summed E-state index contributed by atoms with van der Waals surface area (Å²) < 4.78 is 0. The van der Waals surface area contributed by atoms with Gasteiger partial charge in [0.25, 0.3) is 0 Å². The van der Waals surface area contributed by atoms with Gasteiger partial charge >= 0.3 is 0 Å². The molecule has 0 aromatic heterocycles. The predicted molar refractivity (Wildman–Crippen MR) is 70.3 cm³/mol. The fourth-order valence-electron chi connectivity index (χ4n) is 2.85. The third-order valence-electron chi connectivity index (χ3n) is 4.32. The molecule has 1 unspecified atom stereocenters. The molecule has 1 amide bonds. The zero-order chi connectivity index (χ0) is 12.8. The highest BCUT2D eigenvalue weighted by atomic mass is 16.3. The molecule has 96 valence electrons. The summed E-state index contributed by atoms with van der Waals surface area (Å²) in [7, 11) is 0. The van der Waals surface area contributed by atoms with Gasteiger partial charge in [-0.1, -0.05) is 24.6 Å². The second-order valence-corrected chi connectivity index (χ2v) is 5.66. The van der Waals surface area contributed by atoms with Gasteiger partial charge in [0.1, 0.15) is 0 Å². The van der Waals surface area contributed by atoms with E-state index in [0.29, 0.717) is 13.0 Å². The summed E-state index contributed by atoms with van der Waals surface area (Å²) in [4.78, 5) is 14.3. The minimum absolute atomic E-state index is 0.209. The number of para-hydroxylation sites is 1. The second-order valence-electron chi connectivity index (χ2n) is 5.66. The minimum Gasteiger partial charge on any atom is -0.385 e. The summed E-state index contributed by atoms with van der Waals surface area (Å²) in [6.45, 7) is 2.45. The number of rotatable bonds is 1. The van der Waals surface area contributed by atoms with E-state index < -0.39 is 5.60 Å². The molecule has 3 nitrogen and oxygen atoms in total. The van der Waals surface area contributed by atoms with E-state index in [4.69, 9.17) is 0 Å². The molecular weight excluding hydrogens is 226 g/mol. The molecule has 0 radical (unpaired) electrons. The first-order chi connectivity index (χ1) is 8.59. The number of aliphatic hydroxyl groups is 1. The number of amides is 1. The summed E-state index contributed by atoms with van der Waals surface area (Å²) in [5.41, 5.74) is 0.960. The number of fused-ring (bicyclic) bond motifs is 1. The van der Waals surface area contributed by atoms with E-state index in [1.165, 1.54) is 6.42 Å². The number of hydrogen-bond acceptors (Lipinski definition) is 2. The van der Waals surface area contributed by atoms with Crippen LogP contribution in [0.2, 0.25) is 0 Å². The Morgan fingerprint density at radius 2 is 2.11 bits per heavy atom. The first-order valence-electron chi connectivity index (χ1n) is 6.73. The average Bonchev–Trinajstić information content (AvgIpc) is 2.27. The summed E-state index contributed by atoms with van der Waals surface area (Å²) >= 11 is 0. The normalized spacial score (nSPS) is 27.6. The maximum Gasteiger partial charge on any atom is 0.230 e. The number of carbonyl (C=O) groups is 1. The predicted octanol–water partition coefficient (Wildman–Crippen LogP) is 2.43. The fraction of sp³-hybridized carbons (Fsp3) is 0.533. The van der Waals surface area contributed by atoms with Crippen molar-refractivity contribution < 1.29 is 9.90 Å². The molecule has 0 saturated heterocycles. The molecule has 1 aromatic rings. The van der Waals surface area contributed by atoms with Gasteiger partial charge in [0.2, 0.25) is 5.91 Å². The molecule has 0 bridgehead atoms. The topological polar surface area (TPSA) is 40.5 Å². The Balaban J connectivity index is 1.96. The molecule has 18 heavy (non-hydrogen) atoms. The van der Waals surface area contributed by atoms with Gasteiger partial charge in [0, 0.05) is 23.7 Å². The lowest BCUT2D eigenvalue weighted by Crippen LogP contribution is -2.45. The second kappa shape index (κ2) is 4.09. The van der Waals surface area contributed by atoms with Crippen molar-refractivity contribution in [3.05, 3.63) is 29.8 Å². The van der Waals surface area contributed by atoms with Gasteiger partial charge in [-0.3, -0.25) is 4.79 Å². The molecule has 1 atom stereocenters. The molecule has 3 rings (SSSR count). The molecule has 1 aromatic carbocycles. The number of carbonyl (C=O) groups excluding carboxylic acids is 1. The zero-order valence-corrected chi connectivity index (χ0v) is 10.7. The van der Waals surface area contributed by atoms with Crippen LogP contribution in [0.1, 0.15) is 38.2 Å². The Bertz CT molecular complexity index is 477. The van der Waals surface area contributed by atoms with E-state index in [2.05, 4.69) is 0 Å². The Hall–Kier alpha value is -1.35. The first kappa shape index (κ1) is 11.7. The monoisotopic (exact) mass is 245 g/mol. The third kappa shape index (κ3) is 1.74. The molecule has 1 saturated carbocycles. The van der Waals surface area contributed by atoms with Gasteiger partial charge in [-0.25, -0.2) is 0 Å². The maximum absolute atomic E-state index is 12.4. The van der Waals surface area contributed by atoms with Crippen LogP contribution in [0.4, 0.5) is 5.69 Å². The number of benzene rings is 1. The van der Waals surface area contributed by atoms with Crippen LogP contribution >= 0.6 is 0 Å². The highest BCUT2D eigenvalue weighted by Gasteiger charge is 2.38. The molecular formula is C15H19NO2. The van der Waals surface area contributed by atoms with Crippen LogP contribution in [0.3, 0.4) is 0 Å². The largest absolute Gasteiger partial charge is 0.385 e. The Morgan fingerprint density at radius 1 is 1.39 bits per heavy atom. The quantitative estimate of drug-likeness (QED) is 0.825. The summed E-state index contributed by atoms with van der Waals surface area (Å²) in [5, 5.41) is 10.4. The highest BCUT2D eigenvalue weighted by molar-refractivity contribution is 5.96. The van der Waals surface area contributed by atoms with Crippen molar-refractivity contribution in [2.45, 2.75) is 38.2 Å². The minimum atomic E-state index is -0.813. The molecule has 1 N–H and O–H groups in total. The van der Waals surface area contributed by atoms with Gasteiger partial charge in [0.05, 0.1) is 5.60 Å². The maximum atomic E-state index is 12.4. The lowest BCUT2D eigenvalue weighted by molar-refractivity contribution is -0.125. The molecule has 1 aliphatic carbocycles. The molecule has 1 aliphatic heterocycles. The van der Waals surface area contributed by atoms with Crippen LogP contribution in [-0.2, 0) is 10.4 Å². The fourth-order valence-corrected chi connectivity index (χ4v) is 2.85. The molecule has 1 heterocycles. The lowest BCUT2D eigenvalue weighted by atomic mass is 9.82. The van der Waals surface area contributed by atoms with Crippen molar-refractivity contribution in [2.75, 3.05) is 11.4 Å². The van der Waals surface area contributed by atoms with Crippen molar-refractivity contribution in [1.82, 2.24) is 0 Å². The van der Waals surface area contributed by atoms with E-state index in [1.54, 1.807) is 0 Å². The van der Waals surface area contributed by atoms with Crippen LogP contribution in [0.5, 0.6) is 0 Å². The Kier molecular flexibility index (Phi) is 2.67. The van der Waals surface area contributed by atoms with Crippen LogP contribution in [0, 0.1) is 5.92 Å². The number of hydrogen-bond donors (Lipinski definition) is 1. The van der Waals surface area contributed by atoms with Gasteiger partial charge in [-0.15, -0.1) is 0 Å². The van der Waals surface area contributed by atoms with E-state index in [0.717, 1.165) is 24.1 Å². The number of anilines is 1. The van der Waals surface area contributed by atoms with Gasteiger partial charge in [-0.05, 0) is 32.3 Å². The van der Waals surface area contributed by atoms with Crippen LogP contribution in [0.25, 0.3) is 0 Å². The average molecular weight is 245 g/mol. The summed E-state index contributed by atoms with van der Waals surface area (Å²) in [5.74, 6) is 0.449. The standard InChI is InChI=1S/C15H19NO2/c1-15(18)9-10-16(14(17)11-5-4-6-11)13-8-3-2-7-12(13)15/h2-3,7-8,11,18H,4-6,9-10H2,1H3. The van der Waals surface area contributed by atoms with Crippen LogP contribution in [0.15, 0.2) is 24.3 Å². The van der Waals surface area contributed by atoms with E-state index >= 15 is 0 Å². The van der Waals surface area contributed by atoms with Gasteiger partial charge < -0.3 is 10.0 Å². The zero-order valence-electron chi connectivity index (χ0n) is 10.7. The summed E-state index contributed by atoms with van der Waals surface area (Å²) in [6, 6.07) is 7.72. The first-order valence-corrected chi connectivity index (χ1v) is 6.73. The number of nitrogens with zero attached hydrogens (tertiary/aromatic N) is 1.